The molecule has 0 radical (unpaired) electrons. The second-order valence-electron chi connectivity index (χ2n) is 8.92. The summed E-state index contributed by atoms with van der Waals surface area (Å²) in [4.78, 5) is 8.97. The molecule has 188 valence electrons. The van der Waals surface area contributed by atoms with E-state index in [4.69, 9.17) is 0 Å². The average molecular weight is 515 g/mol. The number of nitrogens with zero attached hydrogens (tertiary/aromatic N) is 4. The van der Waals surface area contributed by atoms with Crippen molar-refractivity contribution in [2.75, 3.05) is 27.2 Å². The summed E-state index contributed by atoms with van der Waals surface area (Å²) in [5.41, 5.74) is 3.62. The summed E-state index contributed by atoms with van der Waals surface area (Å²) in [7, 11) is 0.0634. The molecule has 0 saturated heterocycles. The molecule has 3 N–H and O–H groups in total. The fraction of sp³-hybridized carbons (Fsp3) is 0.148. The number of aromatic amines is 1. The number of aromatic hydroxyl groups is 1. The molecule has 0 amide bonds. The molecule has 0 fully saturated rings. The Morgan fingerprint density at radius 3 is 2.62 bits per heavy atom. The van der Waals surface area contributed by atoms with Crippen LogP contribution in [0, 0.1) is 0 Å². The summed E-state index contributed by atoms with van der Waals surface area (Å²) in [6.07, 6.45) is 9.13. The van der Waals surface area contributed by atoms with Gasteiger partial charge in [0, 0.05) is 47.2 Å². The standard InChI is InChI=1S/C27H26N6O3S/c1-33(2)14-13-29-37(35,36)20-5-8-24-22(17-20)23(27(34)30-24)15-19-3-6-21-25(31-32-26(21)16-19)7-4-18-9-11-28-12-10-18/h3-12,15-17,29-30,34H,13-14H2,1-2H3/b7-4+,19-15+. The molecule has 5 rings (SSSR count). The first-order valence-corrected chi connectivity index (χ1v) is 13.1. The Balaban J connectivity index is 1.49. The third-order valence-corrected chi connectivity index (χ3v) is 7.42. The van der Waals surface area contributed by atoms with Crippen LogP contribution in [0.25, 0.3) is 28.8 Å². The Morgan fingerprint density at radius 2 is 1.84 bits per heavy atom. The zero-order valence-electron chi connectivity index (χ0n) is 20.4. The molecule has 0 spiro atoms. The number of benzene rings is 2. The molecule has 0 unspecified atom stereocenters. The summed E-state index contributed by atoms with van der Waals surface area (Å²) >= 11 is 0. The van der Waals surface area contributed by atoms with Gasteiger partial charge in [0.05, 0.1) is 16.3 Å². The minimum Gasteiger partial charge on any atom is -0.494 e. The van der Waals surface area contributed by atoms with E-state index in [1.165, 1.54) is 6.07 Å². The van der Waals surface area contributed by atoms with E-state index in [2.05, 4.69) is 24.9 Å². The molecule has 2 aromatic carbocycles. The fourth-order valence-electron chi connectivity index (χ4n) is 4.02. The number of hydrogen-bond donors (Lipinski definition) is 3. The largest absolute Gasteiger partial charge is 0.494 e. The monoisotopic (exact) mass is 514 g/mol. The van der Waals surface area contributed by atoms with Crippen LogP contribution in [-0.2, 0) is 10.0 Å². The van der Waals surface area contributed by atoms with Crippen molar-refractivity contribution in [2.24, 2.45) is 10.2 Å². The number of pyridine rings is 1. The van der Waals surface area contributed by atoms with Crippen LogP contribution in [0.3, 0.4) is 0 Å². The number of sulfonamides is 1. The molecule has 3 heterocycles. The smallest absolute Gasteiger partial charge is 0.240 e. The van der Waals surface area contributed by atoms with Gasteiger partial charge in [-0.2, -0.15) is 0 Å². The van der Waals surface area contributed by atoms with E-state index in [-0.39, 0.29) is 10.8 Å². The Bertz CT molecular complexity index is 1760. The van der Waals surface area contributed by atoms with Gasteiger partial charge in [-0.15, -0.1) is 10.2 Å². The molecule has 0 aliphatic carbocycles. The Hall–Kier alpha value is -4.12. The predicted octanol–water partition coefficient (Wildman–Crippen LogP) is 2.86. The van der Waals surface area contributed by atoms with E-state index in [1.807, 2.05) is 61.5 Å². The van der Waals surface area contributed by atoms with Gasteiger partial charge in [0.15, 0.2) is 5.88 Å². The highest BCUT2D eigenvalue weighted by Gasteiger charge is 2.17. The lowest BCUT2D eigenvalue weighted by molar-refractivity contribution is 0.412. The van der Waals surface area contributed by atoms with Crippen LogP contribution in [0.2, 0.25) is 0 Å². The van der Waals surface area contributed by atoms with E-state index in [0.29, 0.717) is 29.6 Å². The highest BCUT2D eigenvalue weighted by atomic mass is 32.2. The normalized spacial score (nSPS) is 13.9. The zero-order valence-corrected chi connectivity index (χ0v) is 21.2. The first kappa shape index (κ1) is 24.6. The van der Waals surface area contributed by atoms with Crippen LogP contribution >= 0.6 is 0 Å². The van der Waals surface area contributed by atoms with Crippen LogP contribution in [0.4, 0.5) is 5.69 Å². The average Bonchev–Trinajstić information content (AvgIpc) is 3.42. The van der Waals surface area contributed by atoms with Gasteiger partial charge in [0.25, 0.3) is 0 Å². The lowest BCUT2D eigenvalue weighted by Crippen LogP contribution is -2.31. The Labute approximate surface area is 214 Å². The number of fused-ring (bicyclic) bond motifs is 2. The lowest BCUT2D eigenvalue weighted by atomic mass is 10.1. The van der Waals surface area contributed by atoms with E-state index in [9.17, 15) is 13.5 Å². The van der Waals surface area contributed by atoms with Crippen molar-refractivity contribution >= 4 is 44.5 Å². The molecule has 2 aromatic heterocycles. The molecule has 1 aliphatic rings. The van der Waals surface area contributed by atoms with E-state index in [0.717, 1.165) is 27.4 Å². The maximum Gasteiger partial charge on any atom is 0.240 e. The number of H-pyrrole nitrogens is 1. The van der Waals surface area contributed by atoms with Gasteiger partial charge in [-0.05, 0) is 79.5 Å². The summed E-state index contributed by atoms with van der Waals surface area (Å²) in [5.74, 6) is -0.0419. The van der Waals surface area contributed by atoms with E-state index in [1.54, 1.807) is 30.6 Å². The number of likely N-dealkylation sites (N-methyl/N-ethyl adjacent to an activating group) is 1. The Kier molecular flexibility index (Phi) is 6.70. The first-order valence-electron chi connectivity index (χ1n) is 11.7. The van der Waals surface area contributed by atoms with Gasteiger partial charge in [-0.25, -0.2) is 13.1 Å². The van der Waals surface area contributed by atoms with Gasteiger partial charge in [-0.3, -0.25) is 4.98 Å². The molecular weight excluding hydrogens is 488 g/mol. The van der Waals surface area contributed by atoms with Crippen molar-refractivity contribution in [3.8, 4) is 5.88 Å². The molecule has 0 bridgehead atoms. The SMILES string of the molecule is CN(C)CCNS(=O)(=O)c1ccc2[nH]c(O)c(/C=c3\ccc4c(c3)N=NC=4/C=C/c3ccncc3)c2c1. The zero-order chi connectivity index (χ0) is 26.0. The van der Waals surface area contributed by atoms with Crippen LogP contribution in [-0.4, -0.2) is 55.6 Å². The number of aromatic nitrogens is 2. The van der Waals surface area contributed by atoms with E-state index < -0.39 is 10.0 Å². The summed E-state index contributed by atoms with van der Waals surface area (Å²) in [6, 6.07) is 14.3. The van der Waals surface area contributed by atoms with Crippen LogP contribution in [0.15, 0.2) is 82.1 Å². The van der Waals surface area contributed by atoms with Gasteiger partial charge in [0.1, 0.15) is 0 Å². The van der Waals surface area contributed by atoms with Crippen molar-refractivity contribution in [2.45, 2.75) is 4.90 Å². The lowest BCUT2D eigenvalue weighted by Gasteiger charge is -2.11. The quantitative estimate of drug-likeness (QED) is 0.334. The highest BCUT2D eigenvalue weighted by molar-refractivity contribution is 7.89. The predicted molar refractivity (Wildman–Crippen MR) is 144 cm³/mol. The minimum atomic E-state index is -3.69. The highest BCUT2D eigenvalue weighted by Crippen LogP contribution is 2.30. The molecule has 9 nitrogen and oxygen atoms in total. The van der Waals surface area contributed by atoms with Crippen LogP contribution in [0.1, 0.15) is 11.1 Å². The molecule has 1 aliphatic heterocycles. The number of azo groups is 1. The summed E-state index contributed by atoms with van der Waals surface area (Å²) in [6.45, 7) is 0.880. The maximum absolute atomic E-state index is 12.8. The first-order chi connectivity index (χ1) is 17.8. The van der Waals surface area contributed by atoms with Crippen molar-refractivity contribution in [3.63, 3.8) is 0 Å². The molecular formula is C27H26N6O3S. The summed E-state index contributed by atoms with van der Waals surface area (Å²) in [5, 5.41) is 21.5. The van der Waals surface area contributed by atoms with Gasteiger partial charge < -0.3 is 15.0 Å². The molecule has 10 heteroatoms. The third-order valence-electron chi connectivity index (χ3n) is 5.96. The third kappa shape index (κ3) is 5.36. The van der Waals surface area contributed by atoms with E-state index >= 15 is 0 Å². The van der Waals surface area contributed by atoms with Gasteiger partial charge in [0.2, 0.25) is 10.0 Å². The minimum absolute atomic E-state index is 0.0419. The summed E-state index contributed by atoms with van der Waals surface area (Å²) < 4.78 is 28.2. The molecule has 0 saturated carbocycles. The van der Waals surface area contributed by atoms with Crippen molar-refractivity contribution < 1.29 is 13.5 Å². The second-order valence-corrected chi connectivity index (χ2v) is 10.7. The maximum atomic E-state index is 12.8. The molecule has 4 aromatic rings. The van der Waals surface area contributed by atoms with Gasteiger partial charge in [-0.1, -0.05) is 12.1 Å². The second kappa shape index (κ2) is 10.1. The van der Waals surface area contributed by atoms with Crippen LogP contribution in [0.5, 0.6) is 5.88 Å². The van der Waals surface area contributed by atoms with Gasteiger partial charge >= 0.3 is 0 Å². The topological polar surface area (TPSA) is 123 Å². The van der Waals surface area contributed by atoms with Crippen molar-refractivity contribution in [3.05, 3.63) is 88.6 Å². The van der Waals surface area contributed by atoms with Crippen molar-refractivity contribution in [1.29, 1.82) is 0 Å². The Morgan fingerprint density at radius 1 is 1.03 bits per heavy atom. The number of nitrogens with one attached hydrogen (secondary N) is 2. The molecule has 0 atom stereocenters. The number of rotatable bonds is 8. The fourth-order valence-corrected chi connectivity index (χ4v) is 5.06. The van der Waals surface area contributed by atoms with Crippen molar-refractivity contribution in [1.82, 2.24) is 19.6 Å². The number of hydrogen-bond acceptors (Lipinski definition) is 7. The molecule has 37 heavy (non-hydrogen) atoms. The van der Waals surface area contributed by atoms with Crippen LogP contribution < -0.4 is 15.2 Å².